The standard InChI is InChI=1S/C12H18N2O5S/c1-9-4-5-10(8-11(9)15)13-20(17,18)14(2)7-6-12(16)19-3/h4-5,8,13,15H,6-7H2,1-3H3. The maximum Gasteiger partial charge on any atom is 0.306 e. The number of phenolic OH excluding ortho intramolecular Hbond substituents is 1. The van der Waals surface area contributed by atoms with Crippen LogP contribution in [0.5, 0.6) is 5.75 Å². The van der Waals surface area contributed by atoms with Crippen LogP contribution in [0.2, 0.25) is 0 Å². The number of aryl methyl sites for hydroxylation is 1. The first-order chi connectivity index (χ1) is 9.26. The fourth-order valence-corrected chi connectivity index (χ4v) is 2.28. The Kier molecular flexibility index (Phi) is 5.34. The minimum atomic E-state index is -3.78. The zero-order valence-corrected chi connectivity index (χ0v) is 12.4. The molecular formula is C12H18N2O5S. The van der Waals surface area contributed by atoms with E-state index in [-0.39, 0.29) is 24.4 Å². The fourth-order valence-electron chi connectivity index (χ4n) is 1.37. The Hall–Kier alpha value is -1.80. The highest BCUT2D eigenvalue weighted by Gasteiger charge is 2.19. The fraction of sp³-hybridized carbons (Fsp3) is 0.417. The predicted octanol–water partition coefficient (Wildman–Crippen LogP) is 0.852. The summed E-state index contributed by atoms with van der Waals surface area (Å²) in [7, 11) is -1.20. The van der Waals surface area contributed by atoms with Crippen molar-refractivity contribution in [2.75, 3.05) is 25.4 Å². The van der Waals surface area contributed by atoms with Crippen molar-refractivity contribution < 1.29 is 23.1 Å². The Balaban J connectivity index is 2.73. The van der Waals surface area contributed by atoms with E-state index in [0.717, 1.165) is 4.31 Å². The van der Waals surface area contributed by atoms with Crippen LogP contribution in [0.15, 0.2) is 18.2 Å². The highest BCUT2D eigenvalue weighted by Crippen LogP contribution is 2.22. The van der Waals surface area contributed by atoms with Crippen LogP contribution in [0.4, 0.5) is 5.69 Å². The number of esters is 1. The van der Waals surface area contributed by atoms with Crippen LogP contribution >= 0.6 is 0 Å². The molecule has 0 atom stereocenters. The summed E-state index contributed by atoms with van der Waals surface area (Å²) in [6.07, 6.45) is -0.0347. The molecule has 1 aromatic carbocycles. The molecule has 1 rings (SSSR count). The molecule has 0 unspecified atom stereocenters. The molecule has 8 heteroatoms. The van der Waals surface area contributed by atoms with Crippen LogP contribution in [0.1, 0.15) is 12.0 Å². The lowest BCUT2D eigenvalue weighted by atomic mass is 10.2. The van der Waals surface area contributed by atoms with Crippen molar-refractivity contribution in [3.8, 4) is 5.75 Å². The second kappa shape index (κ2) is 6.58. The Labute approximate surface area is 118 Å². The van der Waals surface area contributed by atoms with Gasteiger partial charge >= 0.3 is 16.2 Å². The zero-order valence-electron chi connectivity index (χ0n) is 11.6. The van der Waals surface area contributed by atoms with Gasteiger partial charge in [0.15, 0.2) is 0 Å². The molecule has 0 aromatic heterocycles. The minimum Gasteiger partial charge on any atom is -0.508 e. The summed E-state index contributed by atoms with van der Waals surface area (Å²) in [4.78, 5) is 11.0. The largest absolute Gasteiger partial charge is 0.508 e. The van der Waals surface area contributed by atoms with Crippen LogP contribution in [0.3, 0.4) is 0 Å². The number of rotatable bonds is 6. The van der Waals surface area contributed by atoms with Crippen LogP contribution in [0, 0.1) is 6.92 Å². The minimum absolute atomic E-state index is 0.000149. The SMILES string of the molecule is COC(=O)CCN(C)S(=O)(=O)Nc1ccc(C)c(O)c1. The summed E-state index contributed by atoms with van der Waals surface area (Å²) in [6, 6.07) is 4.46. The topological polar surface area (TPSA) is 95.9 Å². The summed E-state index contributed by atoms with van der Waals surface area (Å²) < 4.78 is 31.7. The molecule has 2 N–H and O–H groups in total. The number of anilines is 1. The third-order valence-electron chi connectivity index (χ3n) is 2.72. The lowest BCUT2D eigenvalue weighted by Crippen LogP contribution is -2.34. The van der Waals surface area contributed by atoms with E-state index in [1.165, 1.54) is 20.2 Å². The number of nitrogens with one attached hydrogen (secondary N) is 1. The van der Waals surface area contributed by atoms with Gasteiger partial charge in [-0.3, -0.25) is 9.52 Å². The summed E-state index contributed by atoms with van der Waals surface area (Å²) in [5.41, 5.74) is 0.894. The molecule has 7 nitrogen and oxygen atoms in total. The lowest BCUT2D eigenvalue weighted by molar-refractivity contribution is -0.140. The van der Waals surface area contributed by atoms with Gasteiger partial charge in [0.05, 0.1) is 19.2 Å². The van der Waals surface area contributed by atoms with Crippen molar-refractivity contribution in [2.45, 2.75) is 13.3 Å². The van der Waals surface area contributed by atoms with E-state index in [0.29, 0.717) is 5.56 Å². The molecule has 0 aliphatic rings. The summed E-state index contributed by atoms with van der Waals surface area (Å²) in [5.74, 6) is -0.484. The van der Waals surface area contributed by atoms with E-state index in [2.05, 4.69) is 9.46 Å². The van der Waals surface area contributed by atoms with Crippen molar-refractivity contribution in [2.24, 2.45) is 0 Å². The van der Waals surface area contributed by atoms with Gasteiger partial charge in [0.2, 0.25) is 0 Å². The molecule has 112 valence electrons. The number of nitrogens with zero attached hydrogens (tertiary/aromatic N) is 1. The first-order valence-corrected chi connectivity index (χ1v) is 7.31. The van der Waals surface area contributed by atoms with E-state index in [9.17, 15) is 18.3 Å². The smallest absolute Gasteiger partial charge is 0.306 e. The molecule has 0 saturated carbocycles. The molecule has 0 radical (unpaired) electrons. The average Bonchev–Trinajstić information content (AvgIpc) is 2.39. The molecule has 0 heterocycles. The Morgan fingerprint density at radius 3 is 2.65 bits per heavy atom. The molecule has 0 saturated heterocycles. The molecule has 20 heavy (non-hydrogen) atoms. The normalized spacial score (nSPS) is 11.4. The molecule has 0 bridgehead atoms. The van der Waals surface area contributed by atoms with Crippen LogP contribution in [-0.2, 0) is 19.7 Å². The molecular weight excluding hydrogens is 284 g/mol. The van der Waals surface area contributed by atoms with Crippen LogP contribution in [0.25, 0.3) is 0 Å². The van der Waals surface area contributed by atoms with Gasteiger partial charge < -0.3 is 9.84 Å². The van der Waals surface area contributed by atoms with E-state index in [1.807, 2.05) is 0 Å². The highest BCUT2D eigenvalue weighted by molar-refractivity contribution is 7.90. The van der Waals surface area contributed by atoms with E-state index in [4.69, 9.17) is 0 Å². The average molecular weight is 302 g/mol. The van der Waals surface area contributed by atoms with E-state index >= 15 is 0 Å². The molecule has 1 aromatic rings. The maximum atomic E-state index is 12.0. The number of hydrogen-bond donors (Lipinski definition) is 2. The summed E-state index contributed by atoms with van der Waals surface area (Å²) in [5, 5.41) is 9.53. The maximum absolute atomic E-state index is 12.0. The number of hydrogen-bond acceptors (Lipinski definition) is 5. The van der Waals surface area contributed by atoms with Gasteiger partial charge in [0.1, 0.15) is 5.75 Å². The van der Waals surface area contributed by atoms with E-state index < -0.39 is 16.2 Å². The zero-order chi connectivity index (χ0) is 15.3. The van der Waals surface area contributed by atoms with Gasteiger partial charge in [-0.25, -0.2) is 0 Å². The monoisotopic (exact) mass is 302 g/mol. The van der Waals surface area contributed by atoms with Gasteiger partial charge in [-0.2, -0.15) is 12.7 Å². The predicted molar refractivity (Wildman–Crippen MR) is 74.6 cm³/mol. The summed E-state index contributed by atoms with van der Waals surface area (Å²) >= 11 is 0. The molecule has 0 spiro atoms. The molecule has 0 amide bonds. The molecule has 0 aliphatic carbocycles. The first-order valence-electron chi connectivity index (χ1n) is 5.87. The van der Waals surface area contributed by atoms with Crippen LogP contribution < -0.4 is 4.72 Å². The number of carbonyl (C=O) groups is 1. The van der Waals surface area contributed by atoms with Crippen molar-refractivity contribution in [1.29, 1.82) is 0 Å². The number of methoxy groups -OCH3 is 1. The second-order valence-corrected chi connectivity index (χ2v) is 6.03. The van der Waals surface area contributed by atoms with E-state index in [1.54, 1.807) is 19.1 Å². The number of carbonyl (C=O) groups excluding carboxylic acids is 1. The Morgan fingerprint density at radius 1 is 1.45 bits per heavy atom. The highest BCUT2D eigenvalue weighted by atomic mass is 32.2. The molecule has 0 aliphatic heterocycles. The van der Waals surface area contributed by atoms with Crippen molar-refractivity contribution >= 4 is 21.9 Å². The van der Waals surface area contributed by atoms with Crippen molar-refractivity contribution in [1.82, 2.24) is 4.31 Å². The van der Waals surface area contributed by atoms with Gasteiger partial charge in [0.25, 0.3) is 0 Å². The third kappa shape index (κ3) is 4.39. The second-order valence-electron chi connectivity index (χ2n) is 4.26. The van der Waals surface area contributed by atoms with Gasteiger partial charge in [-0.05, 0) is 18.6 Å². The van der Waals surface area contributed by atoms with Gasteiger partial charge in [0, 0.05) is 19.7 Å². The quantitative estimate of drug-likeness (QED) is 0.760. The number of aromatic hydroxyl groups is 1. The first kappa shape index (κ1) is 16.3. The Morgan fingerprint density at radius 2 is 2.10 bits per heavy atom. The number of benzene rings is 1. The number of phenols is 1. The Bertz CT molecular complexity index is 586. The van der Waals surface area contributed by atoms with Crippen molar-refractivity contribution in [3.05, 3.63) is 23.8 Å². The summed E-state index contributed by atoms with van der Waals surface area (Å²) in [6.45, 7) is 1.70. The van der Waals surface area contributed by atoms with Crippen molar-refractivity contribution in [3.63, 3.8) is 0 Å². The van der Waals surface area contributed by atoms with Crippen LogP contribution in [-0.4, -0.2) is 44.5 Å². The lowest BCUT2D eigenvalue weighted by Gasteiger charge is -2.18. The van der Waals surface area contributed by atoms with Gasteiger partial charge in [-0.15, -0.1) is 0 Å². The number of ether oxygens (including phenoxy) is 1. The van der Waals surface area contributed by atoms with Gasteiger partial charge in [-0.1, -0.05) is 6.07 Å². The third-order valence-corrected chi connectivity index (χ3v) is 4.22. The molecule has 0 fully saturated rings.